The molecule has 0 aromatic rings. The van der Waals surface area contributed by atoms with Crippen LogP contribution in [0.25, 0.3) is 0 Å². The summed E-state index contributed by atoms with van der Waals surface area (Å²) in [7, 11) is 0. The van der Waals surface area contributed by atoms with Crippen molar-refractivity contribution in [3.8, 4) is 0 Å². The fourth-order valence-corrected chi connectivity index (χ4v) is 1.62. The molecule has 0 unspecified atom stereocenters. The molecule has 0 saturated heterocycles. The van der Waals surface area contributed by atoms with Crippen molar-refractivity contribution in [2.75, 3.05) is 17.3 Å². The van der Waals surface area contributed by atoms with Gasteiger partial charge in [0, 0.05) is 24.3 Å². The predicted molar refractivity (Wildman–Crippen MR) is 51.1 cm³/mol. The van der Waals surface area contributed by atoms with Crippen LogP contribution >= 0.6 is 24.4 Å². The van der Waals surface area contributed by atoms with E-state index in [1.54, 1.807) is 11.8 Å². The van der Waals surface area contributed by atoms with E-state index >= 15 is 0 Å². The number of carbonyl (C=O) groups excluding carboxylic acids is 1. The zero-order valence-electron chi connectivity index (χ0n) is 6.30. The van der Waals surface area contributed by atoms with Crippen molar-refractivity contribution >= 4 is 30.2 Å². The van der Waals surface area contributed by atoms with Crippen molar-refractivity contribution in [3.05, 3.63) is 0 Å². The molecular weight excluding hydrogens is 164 g/mol. The first kappa shape index (κ1) is 10.4. The first-order valence-electron chi connectivity index (χ1n) is 3.51. The number of thioether (sulfide) groups is 1. The molecule has 0 aliphatic heterocycles. The number of ketones is 1. The molecule has 0 saturated carbocycles. The van der Waals surface area contributed by atoms with E-state index < -0.39 is 0 Å². The fraction of sp³-hybridized carbons (Fsp3) is 0.857. The molecule has 60 valence electrons. The van der Waals surface area contributed by atoms with Crippen LogP contribution in [0.15, 0.2) is 0 Å². The van der Waals surface area contributed by atoms with Crippen LogP contribution < -0.4 is 0 Å². The molecule has 0 aromatic heterocycles. The summed E-state index contributed by atoms with van der Waals surface area (Å²) in [6.07, 6.45) is 1.41. The van der Waals surface area contributed by atoms with Crippen molar-refractivity contribution in [2.24, 2.45) is 0 Å². The van der Waals surface area contributed by atoms with Crippen molar-refractivity contribution in [1.82, 2.24) is 0 Å². The number of hydrogen-bond donors (Lipinski definition) is 1. The molecular formula is C7H14OS2. The van der Waals surface area contributed by atoms with Crippen LogP contribution in [-0.2, 0) is 4.79 Å². The van der Waals surface area contributed by atoms with E-state index in [4.69, 9.17) is 0 Å². The summed E-state index contributed by atoms with van der Waals surface area (Å²) in [4.78, 5) is 10.7. The van der Waals surface area contributed by atoms with Crippen LogP contribution in [0.5, 0.6) is 0 Å². The van der Waals surface area contributed by atoms with E-state index in [9.17, 15) is 4.79 Å². The third-order valence-electron chi connectivity index (χ3n) is 1.16. The molecule has 0 aromatic carbocycles. The lowest BCUT2D eigenvalue weighted by Gasteiger charge is -1.96. The Kier molecular flexibility index (Phi) is 7.75. The third kappa shape index (κ3) is 6.49. The number of thiol groups is 1. The monoisotopic (exact) mass is 178 g/mol. The highest BCUT2D eigenvalue weighted by Gasteiger charge is 1.96. The zero-order chi connectivity index (χ0) is 7.82. The van der Waals surface area contributed by atoms with Gasteiger partial charge in [0.2, 0.25) is 0 Å². The molecule has 0 fully saturated rings. The van der Waals surface area contributed by atoms with E-state index in [1.165, 1.54) is 0 Å². The molecule has 0 amide bonds. The second-order valence-corrected chi connectivity index (χ2v) is 3.65. The predicted octanol–water partition coefficient (Wildman–Crippen LogP) is 2.02. The van der Waals surface area contributed by atoms with Gasteiger partial charge in [0.15, 0.2) is 0 Å². The zero-order valence-corrected chi connectivity index (χ0v) is 8.01. The molecule has 0 spiro atoms. The summed E-state index contributed by atoms with van der Waals surface area (Å²) < 4.78 is 0. The third-order valence-corrected chi connectivity index (χ3v) is 2.67. The SMILES string of the molecule is CCC(=O)CCSCCS. The summed E-state index contributed by atoms with van der Waals surface area (Å²) in [6, 6.07) is 0. The Bertz CT molecular complexity index is 93.6. The molecule has 0 aliphatic carbocycles. The topological polar surface area (TPSA) is 17.1 Å². The number of hydrogen-bond acceptors (Lipinski definition) is 3. The minimum atomic E-state index is 0.367. The molecule has 0 N–H and O–H groups in total. The Morgan fingerprint density at radius 1 is 1.50 bits per heavy atom. The average Bonchev–Trinajstić information content (AvgIpc) is 1.98. The maximum atomic E-state index is 10.7. The molecule has 0 radical (unpaired) electrons. The molecule has 0 rings (SSSR count). The van der Waals surface area contributed by atoms with Crippen molar-refractivity contribution in [2.45, 2.75) is 19.8 Å². The smallest absolute Gasteiger partial charge is 0.133 e. The summed E-state index contributed by atoms with van der Waals surface area (Å²) in [5.41, 5.74) is 0. The quantitative estimate of drug-likeness (QED) is 0.495. The van der Waals surface area contributed by atoms with E-state index in [1.807, 2.05) is 6.92 Å². The van der Waals surface area contributed by atoms with Crippen LogP contribution in [0.2, 0.25) is 0 Å². The summed E-state index contributed by atoms with van der Waals surface area (Å²) in [5.74, 6) is 3.30. The van der Waals surface area contributed by atoms with Crippen molar-refractivity contribution in [3.63, 3.8) is 0 Å². The van der Waals surface area contributed by atoms with Gasteiger partial charge < -0.3 is 0 Å². The molecule has 0 heterocycles. The Balaban J connectivity index is 2.96. The molecule has 1 nitrogen and oxygen atoms in total. The molecule has 0 aliphatic rings. The largest absolute Gasteiger partial charge is 0.300 e. The first-order valence-corrected chi connectivity index (χ1v) is 5.30. The number of Topliss-reactive ketones (excluding diaryl/α,β-unsaturated/α-hetero) is 1. The van der Waals surface area contributed by atoms with Crippen LogP contribution in [0, 0.1) is 0 Å². The second kappa shape index (κ2) is 7.48. The fourth-order valence-electron chi connectivity index (χ4n) is 0.529. The van der Waals surface area contributed by atoms with Crippen LogP contribution in [-0.4, -0.2) is 23.0 Å². The Morgan fingerprint density at radius 2 is 2.20 bits per heavy atom. The van der Waals surface area contributed by atoms with Gasteiger partial charge in [-0.1, -0.05) is 6.92 Å². The maximum Gasteiger partial charge on any atom is 0.133 e. The molecule has 10 heavy (non-hydrogen) atoms. The average molecular weight is 178 g/mol. The van der Waals surface area contributed by atoms with E-state index in [2.05, 4.69) is 12.6 Å². The highest BCUT2D eigenvalue weighted by atomic mass is 32.2. The van der Waals surface area contributed by atoms with Crippen LogP contribution in [0.1, 0.15) is 19.8 Å². The van der Waals surface area contributed by atoms with Gasteiger partial charge in [-0.05, 0) is 5.75 Å². The number of carbonyl (C=O) groups is 1. The summed E-state index contributed by atoms with van der Waals surface area (Å²) in [5, 5.41) is 0. The van der Waals surface area contributed by atoms with Gasteiger partial charge in [-0.3, -0.25) is 4.79 Å². The van der Waals surface area contributed by atoms with E-state index in [0.29, 0.717) is 12.2 Å². The van der Waals surface area contributed by atoms with Crippen molar-refractivity contribution in [1.29, 1.82) is 0 Å². The van der Waals surface area contributed by atoms with Gasteiger partial charge in [-0.2, -0.15) is 24.4 Å². The van der Waals surface area contributed by atoms with E-state index in [-0.39, 0.29) is 0 Å². The highest BCUT2D eigenvalue weighted by molar-refractivity contribution is 8.00. The van der Waals surface area contributed by atoms with Crippen molar-refractivity contribution < 1.29 is 4.79 Å². The van der Waals surface area contributed by atoms with Gasteiger partial charge in [0.25, 0.3) is 0 Å². The Labute approximate surface area is 72.4 Å². The maximum absolute atomic E-state index is 10.7. The Morgan fingerprint density at radius 3 is 2.70 bits per heavy atom. The van der Waals surface area contributed by atoms with Gasteiger partial charge in [-0.25, -0.2) is 0 Å². The van der Waals surface area contributed by atoms with Gasteiger partial charge in [0.1, 0.15) is 5.78 Å². The lowest BCUT2D eigenvalue weighted by molar-refractivity contribution is -0.118. The summed E-state index contributed by atoms with van der Waals surface area (Å²) >= 11 is 5.86. The normalized spacial score (nSPS) is 9.80. The van der Waals surface area contributed by atoms with Gasteiger partial charge in [-0.15, -0.1) is 0 Å². The van der Waals surface area contributed by atoms with Crippen LogP contribution in [0.4, 0.5) is 0 Å². The second-order valence-electron chi connectivity index (χ2n) is 1.98. The minimum Gasteiger partial charge on any atom is -0.300 e. The van der Waals surface area contributed by atoms with Crippen LogP contribution in [0.3, 0.4) is 0 Å². The van der Waals surface area contributed by atoms with E-state index in [0.717, 1.165) is 23.7 Å². The summed E-state index contributed by atoms with van der Waals surface area (Å²) in [6.45, 7) is 1.91. The molecule has 3 heteroatoms. The highest BCUT2D eigenvalue weighted by Crippen LogP contribution is 2.03. The minimum absolute atomic E-state index is 0.367. The van der Waals surface area contributed by atoms with Gasteiger partial charge in [0.05, 0.1) is 0 Å². The molecule has 0 bridgehead atoms. The standard InChI is InChI=1S/C7H14OS2/c1-2-7(8)3-5-10-6-4-9/h9H,2-6H2,1H3. The Hall–Kier alpha value is 0.370. The van der Waals surface area contributed by atoms with Gasteiger partial charge >= 0.3 is 0 Å². The molecule has 0 atom stereocenters. The first-order chi connectivity index (χ1) is 4.81. The lowest BCUT2D eigenvalue weighted by Crippen LogP contribution is -1.97. The lowest BCUT2D eigenvalue weighted by atomic mass is 10.2. The number of rotatable bonds is 6.